The van der Waals surface area contributed by atoms with Crippen LogP contribution in [0.1, 0.15) is 5.56 Å². The van der Waals surface area contributed by atoms with Crippen molar-refractivity contribution in [2.24, 2.45) is 0 Å². The maximum Gasteiger partial charge on any atom is 0.319 e. The van der Waals surface area contributed by atoms with Gasteiger partial charge in [0.1, 0.15) is 0 Å². The van der Waals surface area contributed by atoms with Crippen molar-refractivity contribution in [2.45, 2.75) is 6.42 Å². The fourth-order valence-electron chi connectivity index (χ4n) is 1.36. The predicted octanol–water partition coefficient (Wildman–Crippen LogP) is 0.181. The van der Waals surface area contributed by atoms with E-state index in [2.05, 4.69) is 16.0 Å². The van der Waals surface area contributed by atoms with E-state index in [0.29, 0.717) is 11.3 Å². The number of benzene rings is 1. The van der Waals surface area contributed by atoms with Crippen molar-refractivity contribution < 1.29 is 19.5 Å². The number of hydrogen-bond donors (Lipinski definition) is 4. The van der Waals surface area contributed by atoms with E-state index in [-0.39, 0.29) is 18.9 Å². The first kappa shape index (κ1) is 14.5. The number of anilines is 1. The molecule has 0 aliphatic heterocycles. The molecule has 0 unspecified atom stereocenters. The lowest BCUT2D eigenvalue weighted by atomic mass is 10.1. The molecule has 1 aromatic rings. The number of carboxylic acids is 1. The number of nitrogens with one attached hydrogen (secondary N) is 3. The molecule has 1 rings (SSSR count). The average Bonchev–Trinajstić information content (AvgIpc) is 2.35. The Hall–Kier alpha value is -2.57. The summed E-state index contributed by atoms with van der Waals surface area (Å²) in [6.45, 7) is -0.128. The van der Waals surface area contributed by atoms with Crippen LogP contribution in [-0.2, 0) is 16.0 Å². The van der Waals surface area contributed by atoms with Gasteiger partial charge in [-0.15, -0.1) is 0 Å². The zero-order valence-electron chi connectivity index (χ0n) is 10.4. The second-order valence-electron chi connectivity index (χ2n) is 3.75. The summed E-state index contributed by atoms with van der Waals surface area (Å²) in [5.41, 5.74) is 1.05. The lowest BCUT2D eigenvalue weighted by Gasteiger charge is -2.08. The summed E-state index contributed by atoms with van der Waals surface area (Å²) in [5.74, 6) is -1.25. The second kappa shape index (κ2) is 7.00. The molecule has 0 fully saturated rings. The molecule has 0 radical (unpaired) electrons. The summed E-state index contributed by atoms with van der Waals surface area (Å²) in [6, 6.07) is 5.96. The van der Waals surface area contributed by atoms with Gasteiger partial charge in [0.25, 0.3) is 0 Å². The summed E-state index contributed by atoms with van der Waals surface area (Å²) in [7, 11) is 1.47. The molecule has 0 aliphatic rings. The molecule has 19 heavy (non-hydrogen) atoms. The van der Waals surface area contributed by atoms with E-state index in [1.54, 1.807) is 24.3 Å². The third kappa shape index (κ3) is 5.53. The normalized spacial score (nSPS) is 9.53. The van der Waals surface area contributed by atoms with Crippen LogP contribution in [0.25, 0.3) is 0 Å². The topological polar surface area (TPSA) is 108 Å². The number of aliphatic carboxylic acids is 1. The molecule has 3 amide bonds. The number of likely N-dealkylation sites (N-methyl/N-ethyl adjacent to an activating group) is 1. The van der Waals surface area contributed by atoms with Crippen LogP contribution >= 0.6 is 0 Å². The van der Waals surface area contributed by atoms with Gasteiger partial charge in [0, 0.05) is 12.7 Å². The molecule has 102 valence electrons. The minimum Gasteiger partial charge on any atom is -0.481 e. The molecular formula is C12H15N3O4. The Morgan fingerprint density at radius 3 is 2.63 bits per heavy atom. The van der Waals surface area contributed by atoms with Crippen molar-refractivity contribution in [3.05, 3.63) is 29.8 Å². The van der Waals surface area contributed by atoms with Gasteiger partial charge in [-0.1, -0.05) is 12.1 Å². The van der Waals surface area contributed by atoms with Gasteiger partial charge >= 0.3 is 12.0 Å². The van der Waals surface area contributed by atoms with Crippen molar-refractivity contribution in [1.29, 1.82) is 0 Å². The van der Waals surface area contributed by atoms with E-state index < -0.39 is 12.0 Å². The van der Waals surface area contributed by atoms with Gasteiger partial charge in [-0.3, -0.25) is 9.59 Å². The largest absolute Gasteiger partial charge is 0.481 e. The molecule has 0 aromatic heterocycles. The number of urea groups is 1. The van der Waals surface area contributed by atoms with Crippen LogP contribution in [0.4, 0.5) is 10.5 Å². The van der Waals surface area contributed by atoms with Crippen LogP contribution in [0, 0.1) is 0 Å². The quantitative estimate of drug-likeness (QED) is 0.609. The zero-order chi connectivity index (χ0) is 14.3. The summed E-state index contributed by atoms with van der Waals surface area (Å²) >= 11 is 0. The Balaban J connectivity index is 2.54. The lowest BCUT2D eigenvalue weighted by molar-refractivity contribution is -0.136. The van der Waals surface area contributed by atoms with Gasteiger partial charge in [0.2, 0.25) is 5.91 Å². The van der Waals surface area contributed by atoms with E-state index >= 15 is 0 Å². The van der Waals surface area contributed by atoms with E-state index in [9.17, 15) is 14.4 Å². The summed E-state index contributed by atoms with van der Waals surface area (Å²) in [4.78, 5) is 32.9. The number of carboxylic acid groups (broad SMARTS) is 1. The SMILES string of the molecule is CNC(=O)CNC(=O)Nc1cccc(CC(=O)O)c1. The summed E-state index contributed by atoms with van der Waals surface area (Å²) < 4.78 is 0. The van der Waals surface area contributed by atoms with Crippen LogP contribution in [0.3, 0.4) is 0 Å². The highest BCUT2D eigenvalue weighted by Crippen LogP contribution is 2.11. The summed E-state index contributed by atoms with van der Waals surface area (Å²) in [5, 5.41) is 15.9. The number of carbonyl (C=O) groups excluding carboxylic acids is 2. The Morgan fingerprint density at radius 1 is 1.26 bits per heavy atom. The van der Waals surface area contributed by atoms with Crippen molar-refractivity contribution in [3.63, 3.8) is 0 Å². The van der Waals surface area contributed by atoms with E-state index in [1.165, 1.54) is 7.05 Å². The third-order valence-corrected chi connectivity index (χ3v) is 2.23. The van der Waals surface area contributed by atoms with E-state index in [1.807, 2.05) is 0 Å². The minimum atomic E-state index is -0.943. The second-order valence-corrected chi connectivity index (χ2v) is 3.75. The Bertz CT molecular complexity index is 488. The Kier molecular flexibility index (Phi) is 5.34. The summed E-state index contributed by atoms with van der Waals surface area (Å²) in [6.07, 6.45) is -0.116. The van der Waals surface area contributed by atoms with Gasteiger partial charge in [-0.2, -0.15) is 0 Å². The van der Waals surface area contributed by atoms with Crippen molar-refractivity contribution >= 4 is 23.6 Å². The van der Waals surface area contributed by atoms with Gasteiger partial charge in [-0.25, -0.2) is 4.79 Å². The standard InChI is InChI=1S/C12H15N3O4/c1-13-10(16)7-14-12(19)15-9-4-2-3-8(5-9)6-11(17)18/h2-5H,6-7H2,1H3,(H,13,16)(H,17,18)(H2,14,15,19). The molecule has 0 atom stereocenters. The highest BCUT2D eigenvalue weighted by molar-refractivity contribution is 5.92. The fourth-order valence-corrected chi connectivity index (χ4v) is 1.36. The fraction of sp³-hybridized carbons (Fsp3) is 0.250. The van der Waals surface area contributed by atoms with Gasteiger partial charge in [0.15, 0.2) is 0 Å². The number of rotatable bonds is 5. The van der Waals surface area contributed by atoms with Crippen LogP contribution in [0.5, 0.6) is 0 Å². The average molecular weight is 265 g/mol. The molecule has 0 bridgehead atoms. The highest BCUT2D eigenvalue weighted by atomic mass is 16.4. The van der Waals surface area contributed by atoms with E-state index in [0.717, 1.165) is 0 Å². The monoisotopic (exact) mass is 265 g/mol. The van der Waals surface area contributed by atoms with Crippen LogP contribution in [-0.4, -0.2) is 36.6 Å². The third-order valence-electron chi connectivity index (χ3n) is 2.23. The van der Waals surface area contributed by atoms with Crippen LogP contribution < -0.4 is 16.0 Å². The van der Waals surface area contributed by atoms with E-state index in [4.69, 9.17) is 5.11 Å². The van der Waals surface area contributed by atoms with Crippen molar-refractivity contribution in [1.82, 2.24) is 10.6 Å². The maximum absolute atomic E-state index is 11.4. The molecular weight excluding hydrogens is 250 g/mol. The molecule has 1 aromatic carbocycles. The van der Waals surface area contributed by atoms with Crippen molar-refractivity contribution in [2.75, 3.05) is 18.9 Å². The Labute approximate surface area is 110 Å². The first-order chi connectivity index (χ1) is 9.01. The molecule has 0 spiro atoms. The van der Waals surface area contributed by atoms with Gasteiger partial charge < -0.3 is 21.1 Å². The van der Waals surface area contributed by atoms with Crippen LogP contribution in [0.2, 0.25) is 0 Å². The lowest BCUT2D eigenvalue weighted by Crippen LogP contribution is -2.37. The van der Waals surface area contributed by atoms with Crippen LogP contribution in [0.15, 0.2) is 24.3 Å². The Morgan fingerprint density at radius 2 is 2.00 bits per heavy atom. The molecule has 0 saturated carbocycles. The molecule has 0 saturated heterocycles. The number of carbonyl (C=O) groups is 3. The first-order valence-electron chi connectivity index (χ1n) is 5.57. The number of hydrogen-bond acceptors (Lipinski definition) is 3. The number of amides is 3. The molecule has 7 nitrogen and oxygen atoms in total. The van der Waals surface area contributed by atoms with Crippen molar-refractivity contribution in [3.8, 4) is 0 Å². The minimum absolute atomic E-state index is 0.116. The molecule has 4 N–H and O–H groups in total. The molecule has 7 heteroatoms. The zero-order valence-corrected chi connectivity index (χ0v) is 10.4. The molecule has 0 aliphatic carbocycles. The van der Waals surface area contributed by atoms with Gasteiger partial charge in [0.05, 0.1) is 13.0 Å². The predicted molar refractivity (Wildman–Crippen MR) is 68.9 cm³/mol. The molecule has 0 heterocycles. The maximum atomic E-state index is 11.4. The van der Waals surface area contributed by atoms with Gasteiger partial charge in [-0.05, 0) is 17.7 Å². The highest BCUT2D eigenvalue weighted by Gasteiger charge is 2.05. The smallest absolute Gasteiger partial charge is 0.319 e. The first-order valence-corrected chi connectivity index (χ1v) is 5.57.